The molecular formula is C29H28ClN5O5. The van der Waals surface area contributed by atoms with E-state index >= 15 is 0 Å². The highest BCUT2D eigenvalue weighted by molar-refractivity contribution is 6.31. The number of Topliss-reactive ketones (excluding diaryl/α,β-unsaturated/α-hetero) is 1. The summed E-state index contributed by atoms with van der Waals surface area (Å²) in [5, 5.41) is 8.89. The molecule has 2 heterocycles. The zero-order valence-corrected chi connectivity index (χ0v) is 22.7. The Hall–Kier alpha value is -4.70. The number of ether oxygens (including phenoxy) is 1. The minimum atomic E-state index is -0.634. The average molecular weight is 562 g/mol. The highest BCUT2D eigenvalue weighted by atomic mass is 35.5. The van der Waals surface area contributed by atoms with Crippen LogP contribution < -0.4 is 16.0 Å². The summed E-state index contributed by atoms with van der Waals surface area (Å²) in [6, 6.07) is 9.43. The fourth-order valence-corrected chi connectivity index (χ4v) is 4.35. The first-order valence-electron chi connectivity index (χ1n) is 12.5. The Labute approximate surface area is 235 Å². The summed E-state index contributed by atoms with van der Waals surface area (Å²) in [6.07, 6.45) is 8.81. The molecule has 4 rings (SSSR count). The molecule has 40 heavy (non-hydrogen) atoms. The van der Waals surface area contributed by atoms with E-state index in [9.17, 15) is 19.2 Å². The molecule has 2 aromatic carbocycles. The van der Waals surface area contributed by atoms with Gasteiger partial charge in [-0.2, -0.15) is 0 Å². The summed E-state index contributed by atoms with van der Waals surface area (Å²) in [4.78, 5) is 56.9. The number of halogens is 1. The van der Waals surface area contributed by atoms with Crippen LogP contribution in [0.1, 0.15) is 54.0 Å². The number of fused-ring (bicyclic) bond motifs is 4. The van der Waals surface area contributed by atoms with Gasteiger partial charge in [-0.1, -0.05) is 23.8 Å². The summed E-state index contributed by atoms with van der Waals surface area (Å²) in [5.41, 5.74) is 3.18. The van der Waals surface area contributed by atoms with Crippen LogP contribution >= 0.6 is 11.6 Å². The van der Waals surface area contributed by atoms with Crippen molar-refractivity contribution in [3.8, 4) is 11.3 Å². The van der Waals surface area contributed by atoms with Crippen LogP contribution in [0.2, 0.25) is 5.02 Å². The summed E-state index contributed by atoms with van der Waals surface area (Å²) in [5.74, 6) is -0.199. The first-order chi connectivity index (χ1) is 19.2. The zero-order valence-electron chi connectivity index (χ0n) is 21.9. The van der Waals surface area contributed by atoms with Crippen LogP contribution in [0.5, 0.6) is 0 Å². The van der Waals surface area contributed by atoms with Crippen molar-refractivity contribution >= 4 is 52.7 Å². The topological polar surface area (TPSA) is 142 Å². The third kappa shape index (κ3) is 7.23. The van der Waals surface area contributed by atoms with Crippen LogP contribution in [-0.4, -0.2) is 40.8 Å². The molecule has 206 valence electrons. The number of allylic oxidation sites excluding steroid dienone is 1. The number of imidazole rings is 1. The van der Waals surface area contributed by atoms with Crippen molar-refractivity contribution in [1.29, 1.82) is 0 Å². The van der Waals surface area contributed by atoms with E-state index in [-0.39, 0.29) is 24.0 Å². The number of methoxy groups -OCH3 is 1. The van der Waals surface area contributed by atoms with Crippen molar-refractivity contribution in [3.63, 3.8) is 0 Å². The molecule has 3 amide bonds. The summed E-state index contributed by atoms with van der Waals surface area (Å²) in [7, 11) is 1.26. The van der Waals surface area contributed by atoms with Gasteiger partial charge in [0.1, 0.15) is 5.82 Å². The number of H-pyrrole nitrogens is 1. The molecule has 0 radical (unpaired) electrons. The molecule has 4 N–H and O–H groups in total. The third-order valence-electron chi connectivity index (χ3n) is 6.14. The molecular weight excluding hydrogens is 534 g/mol. The van der Waals surface area contributed by atoms with Gasteiger partial charge < -0.3 is 20.4 Å². The standard InChI is InChI=1S/C29H28ClN5O5/c1-17(36)21-11-9-19(30)14-18(21)8-13-27(38)33-23-6-4-3-5-7-26(37)34-24-15-20(32-29(39)40-2)10-12-22(24)25-16-31-28(23)35-25/h3-4,8-16,23H,5-7H2,1-2H3,(H,31,35)(H,32,39)(H,33,38)(H,34,37)/b4-3-,13-8+/t23-/m0/s1. The van der Waals surface area contributed by atoms with Gasteiger partial charge in [-0.15, -0.1) is 0 Å². The van der Waals surface area contributed by atoms with E-state index in [0.717, 1.165) is 0 Å². The molecule has 0 aliphatic carbocycles. The second-order valence-electron chi connectivity index (χ2n) is 9.04. The second kappa shape index (κ2) is 12.9. The normalized spacial score (nSPS) is 16.0. The quantitative estimate of drug-likeness (QED) is 0.180. The summed E-state index contributed by atoms with van der Waals surface area (Å²) < 4.78 is 4.65. The Morgan fingerprint density at radius 2 is 1.98 bits per heavy atom. The lowest BCUT2D eigenvalue weighted by molar-refractivity contribution is -0.117. The van der Waals surface area contributed by atoms with E-state index in [4.69, 9.17) is 11.6 Å². The van der Waals surface area contributed by atoms with E-state index < -0.39 is 12.1 Å². The molecule has 1 aliphatic heterocycles. The van der Waals surface area contributed by atoms with E-state index in [0.29, 0.717) is 57.4 Å². The number of nitrogens with one attached hydrogen (secondary N) is 4. The number of aromatic nitrogens is 2. The van der Waals surface area contributed by atoms with Crippen LogP contribution in [-0.2, 0) is 14.3 Å². The third-order valence-corrected chi connectivity index (χ3v) is 6.38. The van der Waals surface area contributed by atoms with Gasteiger partial charge in [0.05, 0.1) is 30.7 Å². The average Bonchev–Trinajstić information content (AvgIpc) is 3.40. The van der Waals surface area contributed by atoms with Crippen molar-refractivity contribution in [2.24, 2.45) is 0 Å². The Morgan fingerprint density at radius 3 is 2.75 bits per heavy atom. The molecule has 1 atom stereocenters. The van der Waals surface area contributed by atoms with E-state index in [1.54, 1.807) is 48.7 Å². The van der Waals surface area contributed by atoms with Crippen molar-refractivity contribution in [3.05, 3.63) is 82.8 Å². The minimum Gasteiger partial charge on any atom is -0.453 e. The number of amides is 3. The molecule has 11 heteroatoms. The SMILES string of the molecule is COC(=O)Nc1ccc2c(c1)NC(=O)CC/C=C\C[C@H](NC(=O)/C=C/c1cc(Cl)ccc1C(C)=O)c1ncc-2[nH]1. The Kier molecular flexibility index (Phi) is 9.13. The Bertz CT molecular complexity index is 1510. The van der Waals surface area contributed by atoms with Crippen molar-refractivity contribution in [2.75, 3.05) is 17.7 Å². The van der Waals surface area contributed by atoms with Gasteiger partial charge in [-0.25, -0.2) is 9.78 Å². The van der Waals surface area contributed by atoms with Crippen molar-refractivity contribution < 1.29 is 23.9 Å². The van der Waals surface area contributed by atoms with Crippen molar-refractivity contribution in [1.82, 2.24) is 15.3 Å². The lowest BCUT2D eigenvalue weighted by Crippen LogP contribution is -2.27. The maximum absolute atomic E-state index is 12.9. The number of ketones is 1. The van der Waals surface area contributed by atoms with Crippen LogP contribution in [0.25, 0.3) is 17.3 Å². The molecule has 2 bridgehead atoms. The van der Waals surface area contributed by atoms with Crippen LogP contribution in [0.3, 0.4) is 0 Å². The maximum Gasteiger partial charge on any atom is 0.411 e. The van der Waals surface area contributed by atoms with Gasteiger partial charge in [0.25, 0.3) is 0 Å². The molecule has 0 saturated carbocycles. The smallest absolute Gasteiger partial charge is 0.411 e. The fraction of sp³-hybridized carbons (Fsp3) is 0.207. The van der Waals surface area contributed by atoms with Gasteiger partial charge >= 0.3 is 6.09 Å². The molecule has 0 fully saturated rings. The number of aromatic amines is 1. The molecule has 0 saturated heterocycles. The Morgan fingerprint density at radius 1 is 1.15 bits per heavy atom. The fourth-order valence-electron chi connectivity index (χ4n) is 4.17. The molecule has 3 aromatic rings. The van der Waals surface area contributed by atoms with Gasteiger partial charge in [-0.05, 0) is 67.8 Å². The molecule has 1 aromatic heterocycles. The van der Waals surface area contributed by atoms with Gasteiger partial charge in [-0.3, -0.25) is 19.7 Å². The Balaban J connectivity index is 1.61. The molecule has 0 spiro atoms. The predicted octanol–water partition coefficient (Wildman–Crippen LogP) is 5.66. The van der Waals surface area contributed by atoms with Crippen LogP contribution in [0.15, 0.2) is 60.8 Å². The maximum atomic E-state index is 12.9. The first-order valence-corrected chi connectivity index (χ1v) is 12.9. The highest BCUT2D eigenvalue weighted by Gasteiger charge is 2.19. The minimum absolute atomic E-state index is 0.137. The monoisotopic (exact) mass is 561 g/mol. The van der Waals surface area contributed by atoms with Gasteiger partial charge in [0, 0.05) is 34.3 Å². The molecule has 0 unspecified atom stereocenters. The van der Waals surface area contributed by atoms with Crippen LogP contribution in [0, 0.1) is 0 Å². The largest absolute Gasteiger partial charge is 0.453 e. The number of anilines is 2. The second-order valence-corrected chi connectivity index (χ2v) is 9.47. The van der Waals surface area contributed by atoms with Gasteiger partial charge in [0.2, 0.25) is 11.8 Å². The van der Waals surface area contributed by atoms with E-state index in [1.807, 2.05) is 12.2 Å². The van der Waals surface area contributed by atoms with E-state index in [2.05, 4.69) is 30.7 Å². The highest BCUT2D eigenvalue weighted by Crippen LogP contribution is 2.31. The lowest BCUT2D eigenvalue weighted by Gasteiger charge is -2.14. The lowest BCUT2D eigenvalue weighted by atomic mass is 10.0. The van der Waals surface area contributed by atoms with Crippen molar-refractivity contribution in [2.45, 2.75) is 32.2 Å². The van der Waals surface area contributed by atoms with Crippen LogP contribution in [0.4, 0.5) is 16.2 Å². The summed E-state index contributed by atoms with van der Waals surface area (Å²) in [6.45, 7) is 1.45. The summed E-state index contributed by atoms with van der Waals surface area (Å²) >= 11 is 6.08. The molecule has 1 aliphatic rings. The number of hydrogen-bond donors (Lipinski definition) is 4. The predicted molar refractivity (Wildman–Crippen MR) is 153 cm³/mol. The molecule has 10 nitrogen and oxygen atoms in total. The zero-order chi connectivity index (χ0) is 28.6. The number of nitrogens with zero attached hydrogens (tertiary/aromatic N) is 1. The number of benzene rings is 2. The van der Waals surface area contributed by atoms with E-state index in [1.165, 1.54) is 20.1 Å². The first kappa shape index (κ1) is 28.3. The number of hydrogen-bond acceptors (Lipinski definition) is 6. The number of rotatable bonds is 5. The van der Waals surface area contributed by atoms with Gasteiger partial charge in [0.15, 0.2) is 5.78 Å². The number of carbonyl (C=O) groups is 4. The number of carbonyl (C=O) groups excluding carboxylic acids is 4.